The summed E-state index contributed by atoms with van der Waals surface area (Å²) in [5.41, 5.74) is 0.790. The van der Waals surface area contributed by atoms with Crippen LogP contribution in [0.3, 0.4) is 0 Å². The number of nitrogens with zero attached hydrogens (tertiary/aromatic N) is 2. The summed E-state index contributed by atoms with van der Waals surface area (Å²) in [4.78, 5) is 23.4. The highest BCUT2D eigenvalue weighted by Gasteiger charge is 2.22. The molecule has 7 nitrogen and oxygen atoms in total. The predicted molar refractivity (Wildman–Crippen MR) is 61.0 cm³/mol. The summed E-state index contributed by atoms with van der Waals surface area (Å²) in [7, 11) is 0. The van der Waals surface area contributed by atoms with E-state index in [-0.39, 0.29) is 16.8 Å². The Labute approximate surface area is 95.4 Å². The molecule has 0 radical (unpaired) electrons. The number of nitro groups is 2. The van der Waals surface area contributed by atoms with Crippen LogP contribution in [0.5, 0.6) is 0 Å². The van der Waals surface area contributed by atoms with E-state index in [0.29, 0.717) is 17.6 Å². The van der Waals surface area contributed by atoms with Crippen molar-refractivity contribution in [3.8, 4) is 0 Å². The minimum atomic E-state index is -0.568. The third-order valence-electron chi connectivity index (χ3n) is 2.58. The fraction of sp³-hybridized carbons (Fsp3) is 0.200. The van der Waals surface area contributed by atoms with Gasteiger partial charge in [-0.15, -0.1) is 0 Å². The molecule has 7 heteroatoms. The number of H-pyrrole nitrogens is 1. The first-order valence-electron chi connectivity index (χ1n) is 4.98. The van der Waals surface area contributed by atoms with Crippen LogP contribution in [0, 0.1) is 20.2 Å². The first kappa shape index (κ1) is 11.1. The van der Waals surface area contributed by atoms with Gasteiger partial charge in [0.25, 0.3) is 11.4 Å². The lowest BCUT2D eigenvalue weighted by Crippen LogP contribution is -1.92. The van der Waals surface area contributed by atoms with Crippen molar-refractivity contribution in [2.24, 2.45) is 0 Å². The Kier molecular flexibility index (Phi) is 2.51. The van der Waals surface area contributed by atoms with Gasteiger partial charge in [0.2, 0.25) is 0 Å². The molecule has 2 rings (SSSR count). The Morgan fingerprint density at radius 1 is 1.24 bits per heavy atom. The topological polar surface area (TPSA) is 102 Å². The maximum absolute atomic E-state index is 11.0. The average molecular weight is 235 g/mol. The molecule has 1 heterocycles. The van der Waals surface area contributed by atoms with Gasteiger partial charge in [-0.25, -0.2) is 0 Å². The van der Waals surface area contributed by atoms with Crippen molar-refractivity contribution in [2.75, 3.05) is 0 Å². The predicted octanol–water partition coefficient (Wildman–Crippen LogP) is 2.55. The molecule has 0 aliphatic carbocycles. The molecule has 0 amide bonds. The van der Waals surface area contributed by atoms with E-state index in [1.165, 1.54) is 18.2 Å². The number of aromatic amines is 1. The van der Waals surface area contributed by atoms with Gasteiger partial charge in [-0.3, -0.25) is 20.2 Å². The largest absolute Gasteiger partial charge is 0.353 e. The van der Waals surface area contributed by atoms with Crippen molar-refractivity contribution in [2.45, 2.75) is 13.3 Å². The summed E-state index contributed by atoms with van der Waals surface area (Å²) in [6.07, 6.45) is 0.471. The van der Waals surface area contributed by atoms with Crippen LogP contribution >= 0.6 is 0 Å². The monoisotopic (exact) mass is 235 g/mol. The first-order valence-corrected chi connectivity index (χ1v) is 4.98. The van der Waals surface area contributed by atoms with Crippen molar-refractivity contribution in [3.05, 3.63) is 44.1 Å². The normalized spacial score (nSPS) is 10.6. The number of nitro benzene ring substituents is 1. The molecule has 0 bridgehead atoms. The van der Waals surface area contributed by atoms with E-state index in [4.69, 9.17) is 0 Å². The van der Waals surface area contributed by atoms with Gasteiger partial charge in [0.05, 0.1) is 26.4 Å². The molecule has 0 fully saturated rings. The standard InChI is InChI=1S/C10H9N3O4/c1-2-8-10(13(16)17)7-5-6(12(14)15)3-4-9(7)11-8/h3-5,11H,2H2,1H3. The maximum Gasteiger partial charge on any atom is 0.297 e. The summed E-state index contributed by atoms with van der Waals surface area (Å²) in [5.74, 6) is 0. The Balaban J connectivity index is 2.78. The van der Waals surface area contributed by atoms with Crippen molar-refractivity contribution in [3.63, 3.8) is 0 Å². The number of rotatable bonds is 3. The third-order valence-corrected chi connectivity index (χ3v) is 2.58. The van der Waals surface area contributed by atoms with Crippen LogP contribution in [0.15, 0.2) is 18.2 Å². The van der Waals surface area contributed by atoms with Crippen LogP contribution in [0.4, 0.5) is 11.4 Å². The zero-order valence-electron chi connectivity index (χ0n) is 8.97. The third kappa shape index (κ3) is 1.71. The number of benzene rings is 1. The van der Waals surface area contributed by atoms with Gasteiger partial charge in [0, 0.05) is 12.1 Å². The lowest BCUT2D eigenvalue weighted by atomic mass is 10.2. The Morgan fingerprint density at radius 2 is 1.94 bits per heavy atom. The molecule has 88 valence electrons. The van der Waals surface area contributed by atoms with Crippen LogP contribution in [0.25, 0.3) is 10.9 Å². The average Bonchev–Trinajstić information content (AvgIpc) is 2.65. The molecule has 0 aliphatic rings. The minimum Gasteiger partial charge on any atom is -0.353 e. The van der Waals surface area contributed by atoms with Gasteiger partial charge in [0.15, 0.2) is 0 Å². The Morgan fingerprint density at radius 3 is 2.47 bits per heavy atom. The molecule has 0 atom stereocenters. The van der Waals surface area contributed by atoms with Crippen molar-refractivity contribution < 1.29 is 9.85 Å². The number of aromatic nitrogens is 1. The smallest absolute Gasteiger partial charge is 0.297 e. The number of aryl methyl sites for hydroxylation is 1. The van der Waals surface area contributed by atoms with E-state index in [9.17, 15) is 20.2 Å². The highest BCUT2D eigenvalue weighted by atomic mass is 16.6. The van der Waals surface area contributed by atoms with E-state index in [1.807, 2.05) is 0 Å². The second kappa shape index (κ2) is 3.85. The van der Waals surface area contributed by atoms with Gasteiger partial charge in [-0.05, 0) is 12.5 Å². The molecular weight excluding hydrogens is 226 g/mol. The van der Waals surface area contributed by atoms with Crippen LogP contribution in [0.1, 0.15) is 12.6 Å². The fourth-order valence-corrected chi connectivity index (χ4v) is 1.80. The zero-order valence-corrected chi connectivity index (χ0v) is 8.97. The van der Waals surface area contributed by atoms with Gasteiger partial charge in [-0.2, -0.15) is 0 Å². The fourth-order valence-electron chi connectivity index (χ4n) is 1.80. The van der Waals surface area contributed by atoms with E-state index in [0.717, 1.165) is 0 Å². The lowest BCUT2D eigenvalue weighted by Gasteiger charge is -1.92. The van der Waals surface area contributed by atoms with Crippen LogP contribution in [0.2, 0.25) is 0 Å². The summed E-state index contributed by atoms with van der Waals surface area (Å²) in [6.45, 7) is 1.78. The van der Waals surface area contributed by atoms with Crippen molar-refractivity contribution in [1.82, 2.24) is 4.98 Å². The number of hydrogen-bond donors (Lipinski definition) is 1. The molecule has 1 aromatic heterocycles. The number of fused-ring (bicyclic) bond motifs is 1. The summed E-state index contributed by atoms with van der Waals surface area (Å²) in [5, 5.41) is 21.9. The number of hydrogen-bond acceptors (Lipinski definition) is 4. The molecule has 1 aromatic carbocycles. The van der Waals surface area contributed by atoms with E-state index >= 15 is 0 Å². The summed E-state index contributed by atoms with van der Waals surface area (Å²) in [6, 6.07) is 4.03. The van der Waals surface area contributed by atoms with Gasteiger partial charge < -0.3 is 4.98 Å². The quantitative estimate of drug-likeness (QED) is 0.652. The molecule has 0 aliphatic heterocycles. The van der Waals surface area contributed by atoms with Gasteiger partial charge >= 0.3 is 0 Å². The zero-order chi connectivity index (χ0) is 12.6. The SMILES string of the molecule is CCc1[nH]c2ccc([N+](=O)[O-])cc2c1[N+](=O)[O-]. The molecule has 0 unspecified atom stereocenters. The van der Waals surface area contributed by atoms with Gasteiger partial charge in [0.1, 0.15) is 0 Å². The maximum atomic E-state index is 11.0. The van der Waals surface area contributed by atoms with Crippen molar-refractivity contribution in [1.29, 1.82) is 0 Å². The van der Waals surface area contributed by atoms with Crippen molar-refractivity contribution >= 4 is 22.3 Å². The number of non-ortho nitro benzene ring substituents is 1. The molecule has 17 heavy (non-hydrogen) atoms. The molecule has 0 saturated carbocycles. The van der Waals surface area contributed by atoms with E-state index in [2.05, 4.69) is 4.98 Å². The molecular formula is C10H9N3O4. The molecule has 1 N–H and O–H groups in total. The Bertz CT molecular complexity index is 617. The molecule has 2 aromatic rings. The minimum absolute atomic E-state index is 0.0776. The van der Waals surface area contributed by atoms with E-state index in [1.54, 1.807) is 6.92 Å². The second-order valence-corrected chi connectivity index (χ2v) is 3.55. The number of nitrogens with one attached hydrogen (secondary N) is 1. The Hall–Kier alpha value is -2.44. The van der Waals surface area contributed by atoms with Crippen LogP contribution in [-0.2, 0) is 6.42 Å². The lowest BCUT2D eigenvalue weighted by molar-refractivity contribution is -0.386. The summed E-state index contributed by atoms with van der Waals surface area (Å²) < 4.78 is 0. The molecule has 0 spiro atoms. The van der Waals surface area contributed by atoms with Crippen LogP contribution < -0.4 is 0 Å². The summed E-state index contributed by atoms with van der Waals surface area (Å²) >= 11 is 0. The van der Waals surface area contributed by atoms with E-state index < -0.39 is 9.85 Å². The van der Waals surface area contributed by atoms with Crippen LogP contribution in [-0.4, -0.2) is 14.8 Å². The van der Waals surface area contributed by atoms with Gasteiger partial charge in [-0.1, -0.05) is 6.92 Å². The second-order valence-electron chi connectivity index (χ2n) is 3.55. The highest BCUT2D eigenvalue weighted by Crippen LogP contribution is 2.32. The highest BCUT2D eigenvalue weighted by molar-refractivity contribution is 5.92. The molecule has 0 saturated heterocycles. The first-order chi connectivity index (χ1) is 8.04.